The van der Waals surface area contributed by atoms with Gasteiger partial charge in [-0.1, -0.05) is 20.8 Å². The summed E-state index contributed by atoms with van der Waals surface area (Å²) in [5.41, 5.74) is 2.53. The molecular weight excluding hydrogens is 254 g/mol. The van der Waals surface area contributed by atoms with Crippen LogP contribution in [0.3, 0.4) is 0 Å². The molecular formula is C16H25NO3. The molecule has 1 N–H and O–H groups in total. The fourth-order valence-corrected chi connectivity index (χ4v) is 3.30. The highest BCUT2D eigenvalue weighted by Gasteiger charge is 2.41. The highest BCUT2D eigenvalue weighted by molar-refractivity contribution is 5.63. The average Bonchev–Trinajstić information content (AvgIpc) is 2.68. The van der Waals surface area contributed by atoms with Crippen molar-refractivity contribution in [2.75, 3.05) is 27.9 Å². The normalized spacial score (nSPS) is 19.6. The monoisotopic (exact) mass is 279 g/mol. The quantitative estimate of drug-likeness (QED) is 0.899. The molecule has 0 aliphatic heterocycles. The largest absolute Gasteiger partial charge is 0.493 e. The number of hydrogen-bond donors (Lipinski definition) is 1. The number of ether oxygens (including phenoxy) is 3. The van der Waals surface area contributed by atoms with Crippen LogP contribution in [-0.4, -0.2) is 27.9 Å². The topological polar surface area (TPSA) is 39.7 Å². The van der Waals surface area contributed by atoms with Crippen molar-refractivity contribution < 1.29 is 14.2 Å². The number of benzene rings is 1. The second-order valence-electron chi connectivity index (χ2n) is 5.81. The first-order valence-electron chi connectivity index (χ1n) is 7.06. The van der Waals surface area contributed by atoms with E-state index in [1.165, 1.54) is 11.1 Å². The molecule has 0 radical (unpaired) electrons. The van der Waals surface area contributed by atoms with Gasteiger partial charge in [-0.05, 0) is 30.0 Å². The minimum atomic E-state index is 0.0487. The third-order valence-electron chi connectivity index (χ3n) is 4.08. The third-order valence-corrected chi connectivity index (χ3v) is 4.08. The molecule has 112 valence electrons. The lowest BCUT2D eigenvalue weighted by Crippen LogP contribution is -2.20. The summed E-state index contributed by atoms with van der Waals surface area (Å²) >= 11 is 0. The van der Waals surface area contributed by atoms with Crippen molar-refractivity contribution in [2.45, 2.75) is 38.6 Å². The maximum Gasteiger partial charge on any atom is 0.203 e. The van der Waals surface area contributed by atoms with Crippen LogP contribution in [0.25, 0.3) is 0 Å². The standard InChI is InChI=1S/C16H25NO3/c1-7-17-11-9-16(2,3)13-10(11)8-12(18-4)14(19-5)15(13)20-6/h8,11,17H,7,9H2,1-6H3. The average molecular weight is 279 g/mol. The summed E-state index contributed by atoms with van der Waals surface area (Å²) in [5.74, 6) is 2.20. The van der Waals surface area contributed by atoms with Gasteiger partial charge in [0.15, 0.2) is 11.5 Å². The Kier molecular flexibility index (Phi) is 4.14. The number of hydrogen-bond acceptors (Lipinski definition) is 4. The molecule has 0 spiro atoms. The Labute approximate surface area is 121 Å². The van der Waals surface area contributed by atoms with Gasteiger partial charge in [0.1, 0.15) is 0 Å². The first-order chi connectivity index (χ1) is 9.50. The van der Waals surface area contributed by atoms with E-state index in [2.05, 4.69) is 32.2 Å². The first-order valence-corrected chi connectivity index (χ1v) is 7.06. The molecule has 2 rings (SSSR count). The zero-order valence-electron chi connectivity index (χ0n) is 13.3. The Bertz CT molecular complexity index is 497. The van der Waals surface area contributed by atoms with E-state index in [1.807, 2.05) is 0 Å². The fourth-order valence-electron chi connectivity index (χ4n) is 3.30. The predicted molar refractivity (Wildman–Crippen MR) is 80.2 cm³/mol. The summed E-state index contributed by atoms with van der Waals surface area (Å²) in [6.07, 6.45) is 1.04. The van der Waals surface area contributed by atoms with Crippen LogP contribution < -0.4 is 19.5 Å². The summed E-state index contributed by atoms with van der Waals surface area (Å²) < 4.78 is 16.6. The molecule has 0 heterocycles. The van der Waals surface area contributed by atoms with E-state index in [4.69, 9.17) is 14.2 Å². The zero-order valence-corrected chi connectivity index (χ0v) is 13.3. The van der Waals surface area contributed by atoms with Crippen LogP contribution in [0.15, 0.2) is 6.07 Å². The van der Waals surface area contributed by atoms with E-state index in [0.717, 1.165) is 24.5 Å². The van der Waals surface area contributed by atoms with Crippen LogP contribution in [0, 0.1) is 0 Å². The van der Waals surface area contributed by atoms with Crippen molar-refractivity contribution in [1.82, 2.24) is 5.32 Å². The van der Waals surface area contributed by atoms with E-state index < -0.39 is 0 Å². The predicted octanol–water partition coefficient (Wildman–Crippen LogP) is 3.04. The maximum absolute atomic E-state index is 5.65. The van der Waals surface area contributed by atoms with Crippen molar-refractivity contribution in [1.29, 1.82) is 0 Å². The summed E-state index contributed by atoms with van der Waals surface area (Å²) in [4.78, 5) is 0. The van der Waals surface area contributed by atoms with Crippen LogP contribution in [0.4, 0.5) is 0 Å². The molecule has 0 amide bonds. The molecule has 1 aliphatic carbocycles. The fraction of sp³-hybridized carbons (Fsp3) is 0.625. The van der Waals surface area contributed by atoms with Gasteiger partial charge in [-0.25, -0.2) is 0 Å². The lowest BCUT2D eigenvalue weighted by molar-refractivity contribution is 0.318. The SMILES string of the molecule is CCNC1CC(C)(C)c2c1cc(OC)c(OC)c2OC. The van der Waals surface area contributed by atoms with Crippen molar-refractivity contribution in [3.8, 4) is 17.2 Å². The Morgan fingerprint density at radius 1 is 1.15 bits per heavy atom. The molecule has 0 bridgehead atoms. The Hall–Kier alpha value is -1.42. The highest BCUT2D eigenvalue weighted by atomic mass is 16.5. The van der Waals surface area contributed by atoms with Crippen molar-refractivity contribution in [2.24, 2.45) is 0 Å². The van der Waals surface area contributed by atoms with E-state index in [1.54, 1.807) is 21.3 Å². The van der Waals surface area contributed by atoms with Gasteiger partial charge < -0.3 is 19.5 Å². The first kappa shape index (κ1) is 15.0. The Balaban J connectivity index is 2.68. The lowest BCUT2D eigenvalue weighted by Gasteiger charge is -2.23. The van der Waals surface area contributed by atoms with Crippen molar-refractivity contribution in [3.63, 3.8) is 0 Å². The summed E-state index contributed by atoms with van der Waals surface area (Å²) in [7, 11) is 5.00. The van der Waals surface area contributed by atoms with Crippen LogP contribution >= 0.6 is 0 Å². The van der Waals surface area contributed by atoms with Gasteiger partial charge in [-0.2, -0.15) is 0 Å². The van der Waals surface area contributed by atoms with Gasteiger partial charge >= 0.3 is 0 Å². The van der Waals surface area contributed by atoms with Crippen LogP contribution in [0.5, 0.6) is 17.2 Å². The Morgan fingerprint density at radius 2 is 1.80 bits per heavy atom. The summed E-state index contributed by atoms with van der Waals surface area (Å²) in [6.45, 7) is 7.56. The molecule has 20 heavy (non-hydrogen) atoms. The molecule has 0 saturated carbocycles. The molecule has 0 saturated heterocycles. The van der Waals surface area contributed by atoms with Gasteiger partial charge in [0.05, 0.1) is 21.3 Å². The minimum absolute atomic E-state index is 0.0487. The second-order valence-corrected chi connectivity index (χ2v) is 5.81. The van der Waals surface area contributed by atoms with E-state index in [-0.39, 0.29) is 5.41 Å². The number of rotatable bonds is 5. The molecule has 1 aliphatic rings. The number of nitrogens with one attached hydrogen (secondary N) is 1. The van der Waals surface area contributed by atoms with Crippen LogP contribution in [-0.2, 0) is 5.41 Å². The van der Waals surface area contributed by atoms with Gasteiger partial charge in [0.25, 0.3) is 0 Å². The summed E-state index contributed by atoms with van der Waals surface area (Å²) in [5, 5.41) is 3.54. The maximum atomic E-state index is 5.65. The van der Waals surface area contributed by atoms with Gasteiger partial charge in [-0.3, -0.25) is 0 Å². The molecule has 0 aromatic heterocycles. The van der Waals surface area contributed by atoms with Crippen LogP contribution in [0.2, 0.25) is 0 Å². The highest BCUT2D eigenvalue weighted by Crippen LogP contribution is 2.54. The second kappa shape index (κ2) is 5.52. The lowest BCUT2D eigenvalue weighted by atomic mass is 9.85. The summed E-state index contributed by atoms with van der Waals surface area (Å²) in [6, 6.07) is 2.41. The molecule has 1 aromatic rings. The molecule has 4 nitrogen and oxygen atoms in total. The minimum Gasteiger partial charge on any atom is -0.493 e. The van der Waals surface area contributed by atoms with Crippen molar-refractivity contribution in [3.05, 3.63) is 17.2 Å². The smallest absolute Gasteiger partial charge is 0.203 e. The van der Waals surface area contributed by atoms with E-state index in [9.17, 15) is 0 Å². The van der Waals surface area contributed by atoms with E-state index >= 15 is 0 Å². The van der Waals surface area contributed by atoms with Crippen molar-refractivity contribution >= 4 is 0 Å². The molecule has 1 aromatic carbocycles. The van der Waals surface area contributed by atoms with Crippen LogP contribution in [0.1, 0.15) is 44.4 Å². The number of fused-ring (bicyclic) bond motifs is 1. The molecule has 1 atom stereocenters. The Morgan fingerprint density at radius 3 is 2.30 bits per heavy atom. The third kappa shape index (κ3) is 2.22. The molecule has 4 heteroatoms. The molecule has 1 unspecified atom stereocenters. The number of methoxy groups -OCH3 is 3. The zero-order chi connectivity index (χ0) is 14.9. The van der Waals surface area contributed by atoms with Gasteiger partial charge in [-0.15, -0.1) is 0 Å². The van der Waals surface area contributed by atoms with Gasteiger partial charge in [0.2, 0.25) is 5.75 Å². The molecule has 0 fully saturated rings. The van der Waals surface area contributed by atoms with E-state index in [0.29, 0.717) is 11.8 Å². The van der Waals surface area contributed by atoms with Gasteiger partial charge in [0, 0.05) is 11.6 Å².